The van der Waals surface area contributed by atoms with E-state index in [1.54, 1.807) is 24.0 Å². The van der Waals surface area contributed by atoms with Crippen molar-refractivity contribution in [2.45, 2.75) is 25.2 Å². The van der Waals surface area contributed by atoms with E-state index in [-0.39, 0.29) is 43.9 Å². The molecule has 29 heavy (non-hydrogen) atoms. The molecular weight excluding hydrogens is 392 g/mol. The number of carbonyl (C=O) groups is 2. The Morgan fingerprint density at radius 2 is 1.62 bits per heavy atom. The van der Waals surface area contributed by atoms with Crippen molar-refractivity contribution in [1.82, 2.24) is 9.21 Å². The predicted octanol–water partition coefficient (Wildman–Crippen LogP) is 1.66. The number of piperazine rings is 1. The summed E-state index contributed by atoms with van der Waals surface area (Å²) in [7, 11) is -3.63. The Labute approximate surface area is 171 Å². The molecule has 8 heteroatoms. The number of carboxylic acids is 1. The summed E-state index contributed by atoms with van der Waals surface area (Å²) in [6.45, 7) is 4.64. The molecule has 1 aromatic carbocycles. The molecule has 1 aliphatic heterocycles. The van der Waals surface area contributed by atoms with E-state index in [1.165, 1.54) is 4.31 Å². The van der Waals surface area contributed by atoms with Crippen LogP contribution in [0.15, 0.2) is 35.2 Å². The zero-order valence-electron chi connectivity index (χ0n) is 16.6. The van der Waals surface area contributed by atoms with Crippen molar-refractivity contribution in [2.75, 3.05) is 26.2 Å². The van der Waals surface area contributed by atoms with Gasteiger partial charge in [0.2, 0.25) is 15.9 Å². The number of allylic oxidation sites excluding steroid dienone is 2. The van der Waals surface area contributed by atoms with Crippen molar-refractivity contribution in [3.05, 3.63) is 41.5 Å². The van der Waals surface area contributed by atoms with Crippen LogP contribution in [0.2, 0.25) is 0 Å². The summed E-state index contributed by atoms with van der Waals surface area (Å²) < 4.78 is 27.6. The minimum Gasteiger partial charge on any atom is -0.481 e. The Kier molecular flexibility index (Phi) is 5.02. The van der Waals surface area contributed by atoms with E-state index in [9.17, 15) is 23.1 Å². The van der Waals surface area contributed by atoms with Gasteiger partial charge in [-0.2, -0.15) is 4.31 Å². The second-order valence-corrected chi connectivity index (χ2v) is 10.2. The van der Waals surface area contributed by atoms with Gasteiger partial charge in [-0.15, -0.1) is 0 Å². The topological polar surface area (TPSA) is 95.0 Å². The second kappa shape index (κ2) is 7.25. The summed E-state index contributed by atoms with van der Waals surface area (Å²) in [6, 6.07) is 5.37. The van der Waals surface area contributed by atoms with Gasteiger partial charge in [0, 0.05) is 26.2 Å². The summed E-state index contributed by atoms with van der Waals surface area (Å²) in [6.07, 6.45) is 4.60. The number of hydrogen-bond acceptors (Lipinski definition) is 4. The minimum absolute atomic E-state index is 0.0229. The number of nitrogens with zero attached hydrogens (tertiary/aromatic N) is 2. The smallest absolute Gasteiger partial charge is 0.307 e. The molecule has 0 unspecified atom stereocenters. The van der Waals surface area contributed by atoms with Gasteiger partial charge >= 0.3 is 5.97 Å². The number of benzene rings is 1. The lowest BCUT2D eigenvalue weighted by Gasteiger charge is -2.37. The highest BCUT2D eigenvalue weighted by Crippen LogP contribution is 2.48. The van der Waals surface area contributed by atoms with Crippen LogP contribution in [0.4, 0.5) is 0 Å². The first-order valence-corrected chi connectivity index (χ1v) is 11.4. The van der Waals surface area contributed by atoms with Crippen molar-refractivity contribution in [1.29, 1.82) is 0 Å². The first kappa shape index (κ1) is 20.1. The molecule has 1 heterocycles. The summed E-state index contributed by atoms with van der Waals surface area (Å²) in [5.74, 6) is -2.38. The maximum Gasteiger partial charge on any atom is 0.307 e. The van der Waals surface area contributed by atoms with Crippen molar-refractivity contribution in [3.63, 3.8) is 0 Å². The molecule has 2 bridgehead atoms. The molecule has 2 aliphatic carbocycles. The van der Waals surface area contributed by atoms with Crippen molar-refractivity contribution in [2.24, 2.45) is 23.7 Å². The molecule has 0 aromatic heterocycles. The second-order valence-electron chi connectivity index (χ2n) is 8.34. The van der Waals surface area contributed by atoms with Crippen molar-refractivity contribution < 1.29 is 23.1 Å². The zero-order chi connectivity index (χ0) is 20.9. The number of fused-ring (bicyclic) bond motifs is 2. The van der Waals surface area contributed by atoms with Crippen molar-refractivity contribution >= 4 is 21.9 Å². The van der Waals surface area contributed by atoms with Crippen LogP contribution in [0.5, 0.6) is 0 Å². The van der Waals surface area contributed by atoms with Crippen LogP contribution < -0.4 is 0 Å². The molecule has 7 nitrogen and oxygen atoms in total. The van der Waals surface area contributed by atoms with E-state index in [4.69, 9.17) is 0 Å². The zero-order valence-corrected chi connectivity index (χ0v) is 17.4. The Morgan fingerprint density at radius 3 is 2.24 bits per heavy atom. The number of aliphatic carboxylic acids is 1. The van der Waals surface area contributed by atoms with Crippen LogP contribution in [0.25, 0.3) is 0 Å². The minimum atomic E-state index is -3.63. The quantitative estimate of drug-likeness (QED) is 0.751. The average molecular weight is 419 g/mol. The highest BCUT2D eigenvalue weighted by atomic mass is 32.2. The number of sulfonamides is 1. The fraction of sp³-hybridized carbons (Fsp3) is 0.524. The van der Waals surface area contributed by atoms with Gasteiger partial charge in [0.15, 0.2) is 0 Å². The van der Waals surface area contributed by atoms with Gasteiger partial charge in [0.1, 0.15) is 0 Å². The number of amides is 1. The third-order valence-electron chi connectivity index (χ3n) is 6.54. The largest absolute Gasteiger partial charge is 0.481 e. The molecule has 1 N–H and O–H groups in total. The lowest BCUT2D eigenvalue weighted by Crippen LogP contribution is -2.53. The van der Waals surface area contributed by atoms with Gasteiger partial charge in [-0.1, -0.05) is 24.3 Å². The van der Waals surface area contributed by atoms with Crippen LogP contribution in [-0.4, -0.2) is 60.8 Å². The molecule has 1 saturated heterocycles. The van der Waals surface area contributed by atoms with E-state index in [1.807, 2.05) is 25.1 Å². The lowest BCUT2D eigenvalue weighted by molar-refractivity contribution is -0.151. The monoisotopic (exact) mass is 418 g/mol. The molecule has 156 valence electrons. The van der Waals surface area contributed by atoms with Crippen LogP contribution in [-0.2, 0) is 19.6 Å². The maximum atomic E-state index is 13.1. The number of aryl methyl sites for hydroxylation is 2. The Bertz CT molecular complexity index is 979. The molecule has 0 radical (unpaired) electrons. The number of carboxylic acid groups (broad SMARTS) is 1. The summed E-state index contributed by atoms with van der Waals surface area (Å²) in [5.41, 5.74) is 1.58. The number of carbonyl (C=O) groups excluding carboxylic acids is 1. The normalized spacial score (nSPS) is 29.4. The number of hydrogen-bond donors (Lipinski definition) is 1. The highest BCUT2D eigenvalue weighted by Gasteiger charge is 2.52. The third kappa shape index (κ3) is 3.38. The van der Waals surface area contributed by atoms with Gasteiger partial charge in [-0.05, 0) is 49.3 Å². The van der Waals surface area contributed by atoms with Crippen molar-refractivity contribution in [3.8, 4) is 0 Å². The fourth-order valence-electron chi connectivity index (χ4n) is 4.98. The van der Waals surface area contributed by atoms with Gasteiger partial charge < -0.3 is 10.0 Å². The van der Waals surface area contributed by atoms with Gasteiger partial charge in [0.05, 0.1) is 16.7 Å². The van der Waals surface area contributed by atoms with Gasteiger partial charge in [0.25, 0.3) is 0 Å². The molecule has 0 spiro atoms. The SMILES string of the molecule is Cc1ccc(C)c(S(=O)(=O)N2CCN(C(=O)[C@H]3[C@@H](C(=O)O)[C@H]4C=C[C@H]3C4)CC2)c1. The third-order valence-corrected chi connectivity index (χ3v) is 8.58. The average Bonchev–Trinajstić information content (AvgIpc) is 3.31. The molecular formula is C21H26N2O5S. The van der Waals surface area contributed by atoms with Crippen LogP contribution >= 0.6 is 0 Å². The number of rotatable bonds is 4. The van der Waals surface area contributed by atoms with Crippen LogP contribution in [0.1, 0.15) is 17.5 Å². The molecule has 2 fully saturated rings. The van der Waals surface area contributed by atoms with Crippen LogP contribution in [0.3, 0.4) is 0 Å². The summed E-state index contributed by atoms with van der Waals surface area (Å²) in [4.78, 5) is 26.7. The molecule has 3 aliphatic rings. The summed E-state index contributed by atoms with van der Waals surface area (Å²) in [5, 5.41) is 9.58. The first-order chi connectivity index (χ1) is 13.7. The fourth-order valence-corrected chi connectivity index (χ4v) is 6.71. The van der Waals surface area contributed by atoms with E-state index in [2.05, 4.69) is 0 Å². The molecule has 4 rings (SSSR count). The van der Waals surface area contributed by atoms with E-state index in [0.29, 0.717) is 16.9 Å². The molecule has 1 saturated carbocycles. The first-order valence-electron chi connectivity index (χ1n) is 9.97. The van der Waals surface area contributed by atoms with E-state index >= 15 is 0 Å². The standard InChI is InChI=1S/C21H26N2O5S/c1-13-3-4-14(2)17(11-13)29(27,28)23-9-7-22(8-10-23)20(24)18-15-5-6-16(12-15)19(18)21(25)26/h3-6,11,15-16,18-19H,7-10,12H2,1-2H3,(H,25,26)/t15-,16-,18+,19-/m0/s1. The predicted molar refractivity (Wildman–Crippen MR) is 107 cm³/mol. The Balaban J connectivity index is 1.47. The lowest BCUT2D eigenvalue weighted by atomic mass is 9.82. The maximum absolute atomic E-state index is 13.1. The Morgan fingerprint density at radius 1 is 1.00 bits per heavy atom. The van der Waals surface area contributed by atoms with Crippen LogP contribution in [0, 0.1) is 37.5 Å². The van der Waals surface area contributed by atoms with Gasteiger partial charge in [-0.3, -0.25) is 9.59 Å². The molecule has 1 aromatic rings. The van der Waals surface area contributed by atoms with E-state index < -0.39 is 27.8 Å². The molecule has 1 amide bonds. The summed E-state index contributed by atoms with van der Waals surface area (Å²) >= 11 is 0. The Hall–Kier alpha value is -2.19. The highest BCUT2D eigenvalue weighted by molar-refractivity contribution is 7.89. The molecule has 4 atom stereocenters. The van der Waals surface area contributed by atoms with Gasteiger partial charge in [-0.25, -0.2) is 8.42 Å². The van der Waals surface area contributed by atoms with E-state index in [0.717, 1.165) is 5.56 Å².